The lowest BCUT2D eigenvalue weighted by Gasteiger charge is -2.36. The van der Waals surface area contributed by atoms with Crippen molar-refractivity contribution in [1.82, 2.24) is 0 Å². The summed E-state index contributed by atoms with van der Waals surface area (Å²) in [4.78, 5) is 0. The minimum atomic E-state index is -0.170. The molecule has 74 valence electrons. The van der Waals surface area contributed by atoms with E-state index in [4.69, 9.17) is 0 Å². The van der Waals surface area contributed by atoms with Crippen LogP contribution in [-0.2, 0) is 0 Å². The second-order valence-corrected chi connectivity index (χ2v) is 5.65. The van der Waals surface area contributed by atoms with E-state index in [0.29, 0.717) is 5.41 Å². The van der Waals surface area contributed by atoms with Crippen molar-refractivity contribution in [3.63, 3.8) is 0 Å². The Labute approximate surface area is 77.2 Å². The van der Waals surface area contributed by atoms with Crippen molar-refractivity contribution < 1.29 is 5.11 Å². The van der Waals surface area contributed by atoms with Gasteiger partial charge in [0, 0.05) is 0 Å². The number of aliphatic hydroxyl groups excluding tert-OH is 1. The maximum atomic E-state index is 9.75. The summed E-state index contributed by atoms with van der Waals surface area (Å²) in [6, 6.07) is 0. The fourth-order valence-corrected chi connectivity index (χ4v) is 2.04. The highest BCUT2D eigenvalue weighted by atomic mass is 16.3. The lowest BCUT2D eigenvalue weighted by Crippen LogP contribution is -2.32. The molecule has 0 fully saturated rings. The Balaban J connectivity index is 4.22. The Morgan fingerprint density at radius 2 is 1.50 bits per heavy atom. The van der Waals surface area contributed by atoms with Crippen LogP contribution in [0.15, 0.2) is 0 Å². The lowest BCUT2D eigenvalue weighted by molar-refractivity contribution is 0.0187. The Kier molecular flexibility index (Phi) is 3.77. The molecule has 1 N–H and O–H groups in total. The molecule has 1 unspecified atom stereocenters. The van der Waals surface area contributed by atoms with E-state index in [1.165, 1.54) is 0 Å². The summed E-state index contributed by atoms with van der Waals surface area (Å²) in [7, 11) is 0. The normalized spacial score (nSPS) is 16.2. The third kappa shape index (κ3) is 4.10. The average molecular weight is 172 g/mol. The van der Waals surface area contributed by atoms with E-state index in [1.807, 2.05) is 6.92 Å². The van der Waals surface area contributed by atoms with Gasteiger partial charge in [-0.1, -0.05) is 41.5 Å². The molecule has 0 amide bonds. The summed E-state index contributed by atoms with van der Waals surface area (Å²) >= 11 is 0. The molecular formula is C11H24O. The quantitative estimate of drug-likeness (QED) is 0.693. The second kappa shape index (κ2) is 3.78. The van der Waals surface area contributed by atoms with Crippen LogP contribution >= 0.6 is 0 Å². The molecule has 0 aliphatic heterocycles. The van der Waals surface area contributed by atoms with Gasteiger partial charge in [-0.25, -0.2) is 0 Å². The molecule has 0 aromatic heterocycles. The van der Waals surface area contributed by atoms with Crippen LogP contribution in [0.25, 0.3) is 0 Å². The number of hydrogen-bond acceptors (Lipinski definition) is 1. The van der Waals surface area contributed by atoms with E-state index in [9.17, 15) is 5.11 Å². The van der Waals surface area contributed by atoms with Gasteiger partial charge in [0.05, 0.1) is 6.10 Å². The van der Waals surface area contributed by atoms with Crippen LogP contribution in [-0.4, -0.2) is 11.2 Å². The molecule has 1 heteroatoms. The first-order valence-electron chi connectivity index (χ1n) is 4.87. The summed E-state index contributed by atoms with van der Waals surface area (Å²) < 4.78 is 0. The number of hydrogen-bond donors (Lipinski definition) is 1. The van der Waals surface area contributed by atoms with Gasteiger partial charge < -0.3 is 5.11 Å². The van der Waals surface area contributed by atoms with E-state index < -0.39 is 0 Å². The zero-order valence-corrected chi connectivity index (χ0v) is 9.44. The first-order valence-corrected chi connectivity index (χ1v) is 4.87. The van der Waals surface area contributed by atoms with Crippen molar-refractivity contribution >= 4 is 0 Å². The van der Waals surface area contributed by atoms with Gasteiger partial charge in [-0.05, 0) is 23.7 Å². The van der Waals surface area contributed by atoms with E-state index >= 15 is 0 Å². The van der Waals surface area contributed by atoms with Crippen LogP contribution in [0.4, 0.5) is 0 Å². The first kappa shape index (κ1) is 12.0. The summed E-state index contributed by atoms with van der Waals surface area (Å²) in [5.41, 5.74) is 0.354. The molecule has 0 aliphatic rings. The molecule has 0 saturated carbocycles. The molecule has 0 bridgehead atoms. The van der Waals surface area contributed by atoms with Gasteiger partial charge in [0.25, 0.3) is 0 Å². The van der Waals surface area contributed by atoms with Gasteiger partial charge in [-0.3, -0.25) is 0 Å². The maximum Gasteiger partial charge on any atom is 0.0588 e. The van der Waals surface area contributed by atoms with E-state index in [-0.39, 0.29) is 11.5 Å². The Morgan fingerprint density at radius 3 is 1.75 bits per heavy atom. The average Bonchev–Trinajstić information content (AvgIpc) is 1.80. The third-order valence-electron chi connectivity index (χ3n) is 2.27. The molecule has 1 atom stereocenters. The topological polar surface area (TPSA) is 20.2 Å². The SMILES string of the molecule is CCC(O)C(C)(C)CC(C)(C)C. The zero-order chi connectivity index (χ0) is 9.99. The fourth-order valence-electron chi connectivity index (χ4n) is 2.04. The van der Waals surface area contributed by atoms with E-state index in [2.05, 4.69) is 34.6 Å². The van der Waals surface area contributed by atoms with Crippen LogP contribution in [0.1, 0.15) is 54.4 Å². The molecule has 0 rings (SSSR count). The standard InChI is InChI=1S/C11H24O/c1-7-9(12)11(5,6)8-10(2,3)4/h9,12H,7-8H2,1-6H3. The summed E-state index contributed by atoms with van der Waals surface area (Å²) in [5, 5.41) is 9.75. The van der Waals surface area contributed by atoms with Gasteiger partial charge in [-0.15, -0.1) is 0 Å². The van der Waals surface area contributed by atoms with Crippen LogP contribution in [0, 0.1) is 10.8 Å². The minimum absolute atomic E-state index is 0.0486. The van der Waals surface area contributed by atoms with Crippen molar-refractivity contribution in [2.45, 2.75) is 60.5 Å². The molecule has 0 heterocycles. The molecule has 1 nitrogen and oxygen atoms in total. The molecule has 0 radical (unpaired) electrons. The van der Waals surface area contributed by atoms with Crippen LogP contribution < -0.4 is 0 Å². The van der Waals surface area contributed by atoms with Gasteiger partial charge in [-0.2, -0.15) is 0 Å². The van der Waals surface area contributed by atoms with Crippen LogP contribution in [0.3, 0.4) is 0 Å². The third-order valence-corrected chi connectivity index (χ3v) is 2.27. The molecule has 0 saturated heterocycles. The molecule has 12 heavy (non-hydrogen) atoms. The van der Waals surface area contributed by atoms with Crippen molar-refractivity contribution in [3.05, 3.63) is 0 Å². The summed E-state index contributed by atoms with van der Waals surface area (Å²) in [6.45, 7) is 13.0. The predicted octanol–water partition coefficient (Wildman–Crippen LogP) is 3.22. The van der Waals surface area contributed by atoms with Gasteiger partial charge >= 0.3 is 0 Å². The summed E-state index contributed by atoms with van der Waals surface area (Å²) in [5.74, 6) is 0. The first-order chi connectivity index (χ1) is 5.19. The molecular weight excluding hydrogens is 148 g/mol. The Hall–Kier alpha value is -0.0400. The van der Waals surface area contributed by atoms with Crippen LogP contribution in [0.5, 0.6) is 0 Å². The Morgan fingerprint density at radius 1 is 1.08 bits per heavy atom. The smallest absolute Gasteiger partial charge is 0.0588 e. The predicted molar refractivity (Wildman–Crippen MR) is 54.2 cm³/mol. The number of aliphatic hydroxyl groups is 1. The lowest BCUT2D eigenvalue weighted by atomic mass is 9.72. The molecule has 0 aromatic carbocycles. The maximum absolute atomic E-state index is 9.75. The Bertz CT molecular complexity index is 130. The van der Waals surface area contributed by atoms with Crippen LogP contribution in [0.2, 0.25) is 0 Å². The summed E-state index contributed by atoms with van der Waals surface area (Å²) in [6.07, 6.45) is 1.75. The molecule has 0 aliphatic carbocycles. The van der Waals surface area contributed by atoms with Gasteiger partial charge in [0.2, 0.25) is 0 Å². The highest BCUT2D eigenvalue weighted by Crippen LogP contribution is 2.36. The molecule has 0 spiro atoms. The number of rotatable bonds is 3. The second-order valence-electron chi connectivity index (χ2n) is 5.65. The highest BCUT2D eigenvalue weighted by molar-refractivity contribution is 4.81. The van der Waals surface area contributed by atoms with Crippen molar-refractivity contribution in [3.8, 4) is 0 Å². The van der Waals surface area contributed by atoms with Crippen molar-refractivity contribution in [2.24, 2.45) is 10.8 Å². The monoisotopic (exact) mass is 172 g/mol. The van der Waals surface area contributed by atoms with Gasteiger partial charge in [0.1, 0.15) is 0 Å². The minimum Gasteiger partial charge on any atom is -0.393 e. The van der Waals surface area contributed by atoms with E-state index in [1.54, 1.807) is 0 Å². The van der Waals surface area contributed by atoms with Crippen molar-refractivity contribution in [1.29, 1.82) is 0 Å². The van der Waals surface area contributed by atoms with Crippen molar-refractivity contribution in [2.75, 3.05) is 0 Å². The van der Waals surface area contributed by atoms with E-state index in [0.717, 1.165) is 12.8 Å². The molecule has 0 aromatic rings. The zero-order valence-electron chi connectivity index (χ0n) is 9.44. The fraction of sp³-hybridized carbons (Fsp3) is 1.00. The largest absolute Gasteiger partial charge is 0.393 e. The van der Waals surface area contributed by atoms with Gasteiger partial charge in [0.15, 0.2) is 0 Å². The highest BCUT2D eigenvalue weighted by Gasteiger charge is 2.30.